The summed E-state index contributed by atoms with van der Waals surface area (Å²) in [5.41, 5.74) is 8.15. The third kappa shape index (κ3) is 4.94. The summed E-state index contributed by atoms with van der Waals surface area (Å²) in [5.74, 6) is -0.0786. The Morgan fingerprint density at radius 3 is 2.35 bits per heavy atom. The summed E-state index contributed by atoms with van der Waals surface area (Å²) in [6, 6.07) is 7.83. The fraction of sp³-hybridized carbons (Fsp3) is 0.562. The topological polar surface area (TPSA) is 58.4 Å². The van der Waals surface area contributed by atoms with Crippen molar-refractivity contribution in [3.8, 4) is 0 Å². The lowest BCUT2D eigenvalue weighted by molar-refractivity contribution is -0.122. The van der Waals surface area contributed by atoms with Crippen molar-refractivity contribution >= 4 is 5.91 Å². The van der Waals surface area contributed by atoms with Crippen LogP contribution in [0.2, 0.25) is 0 Å². The predicted molar refractivity (Wildman–Crippen MR) is 83.2 cm³/mol. The van der Waals surface area contributed by atoms with Crippen LogP contribution in [0.4, 0.5) is 0 Å². The molecule has 1 aromatic carbocycles. The zero-order valence-corrected chi connectivity index (χ0v) is 12.9. The molecule has 3 N–H and O–H groups in total. The Hall–Kier alpha value is -1.39. The van der Waals surface area contributed by atoms with Crippen LogP contribution < -0.4 is 11.1 Å². The largest absolute Gasteiger partial charge is 0.351 e. The van der Waals surface area contributed by atoms with Gasteiger partial charge < -0.3 is 11.1 Å². The molecule has 0 aromatic heterocycles. The molecule has 20 heavy (non-hydrogen) atoms. The molecule has 1 atom stereocenters. The molecule has 112 valence electrons. The third-order valence-corrected chi connectivity index (χ3v) is 3.64. The van der Waals surface area contributed by atoms with E-state index in [1.807, 2.05) is 19.1 Å². The van der Waals surface area contributed by atoms with Crippen molar-refractivity contribution in [3.63, 3.8) is 0 Å². The van der Waals surface area contributed by atoms with E-state index in [9.17, 15) is 4.79 Å². The minimum absolute atomic E-state index is 0.0786. The average Bonchev–Trinajstić information content (AvgIpc) is 2.50. The molecule has 1 amide bonds. The maximum atomic E-state index is 11.7. The number of rotatable bonds is 8. The zero-order valence-electron chi connectivity index (χ0n) is 12.9. The normalized spacial score (nSPS) is 12.4. The van der Waals surface area contributed by atoms with E-state index in [0.717, 1.165) is 25.2 Å². The van der Waals surface area contributed by atoms with Crippen molar-refractivity contribution < 1.29 is 4.79 Å². The number of nitrogens with one attached hydrogen (secondary N) is 1. The third-order valence-electron chi connectivity index (χ3n) is 3.64. The first-order valence-electron chi connectivity index (χ1n) is 7.44. The van der Waals surface area contributed by atoms with E-state index < -0.39 is 6.04 Å². The van der Waals surface area contributed by atoms with Gasteiger partial charge in [-0.1, -0.05) is 45.0 Å². The van der Waals surface area contributed by atoms with E-state index in [1.54, 1.807) is 0 Å². The highest BCUT2D eigenvalue weighted by Gasteiger charge is 2.11. The van der Waals surface area contributed by atoms with E-state index >= 15 is 0 Å². The van der Waals surface area contributed by atoms with Gasteiger partial charge in [0.2, 0.25) is 5.91 Å². The summed E-state index contributed by atoms with van der Waals surface area (Å²) in [7, 11) is 0. The first-order valence-corrected chi connectivity index (χ1v) is 7.44. The smallest absolute Gasteiger partial charge is 0.237 e. The number of nitrogens with two attached hydrogens (primary N) is 1. The van der Waals surface area contributed by atoms with Gasteiger partial charge in [-0.05, 0) is 30.6 Å². The highest BCUT2D eigenvalue weighted by atomic mass is 16.2. The minimum Gasteiger partial charge on any atom is -0.351 e. The Balaban J connectivity index is 2.68. The van der Waals surface area contributed by atoms with Gasteiger partial charge in [-0.25, -0.2) is 0 Å². The molecular formula is C16H27N3O. The molecule has 1 rings (SSSR count). The van der Waals surface area contributed by atoms with Gasteiger partial charge in [0, 0.05) is 13.1 Å². The number of hydrogen-bond donors (Lipinski definition) is 2. The van der Waals surface area contributed by atoms with E-state index in [1.165, 1.54) is 5.56 Å². The number of benzene rings is 1. The summed E-state index contributed by atoms with van der Waals surface area (Å²) < 4.78 is 0. The summed E-state index contributed by atoms with van der Waals surface area (Å²) in [4.78, 5) is 14.1. The van der Waals surface area contributed by atoms with Crippen LogP contribution in [0.1, 0.15) is 38.3 Å². The van der Waals surface area contributed by atoms with Gasteiger partial charge in [-0.3, -0.25) is 9.69 Å². The molecule has 0 radical (unpaired) electrons. The van der Waals surface area contributed by atoms with E-state index in [2.05, 4.69) is 36.2 Å². The van der Waals surface area contributed by atoms with Gasteiger partial charge in [-0.2, -0.15) is 0 Å². The second-order valence-electron chi connectivity index (χ2n) is 4.96. The molecule has 0 saturated heterocycles. The van der Waals surface area contributed by atoms with Crippen LogP contribution in [0.25, 0.3) is 0 Å². The van der Waals surface area contributed by atoms with Gasteiger partial charge in [0.15, 0.2) is 0 Å². The molecule has 0 fully saturated rings. The summed E-state index contributed by atoms with van der Waals surface area (Å²) in [5, 5.41) is 2.92. The highest BCUT2D eigenvalue weighted by Crippen LogP contribution is 2.11. The Morgan fingerprint density at radius 1 is 1.20 bits per heavy atom. The molecule has 0 bridgehead atoms. The van der Waals surface area contributed by atoms with Gasteiger partial charge >= 0.3 is 0 Å². The van der Waals surface area contributed by atoms with Gasteiger partial charge in [0.05, 0.1) is 6.04 Å². The lowest BCUT2D eigenvalue weighted by atomic mass is 10.1. The highest BCUT2D eigenvalue weighted by molar-refractivity contribution is 5.81. The Bertz CT molecular complexity index is 416. The summed E-state index contributed by atoms with van der Waals surface area (Å²) >= 11 is 0. The van der Waals surface area contributed by atoms with Crippen molar-refractivity contribution in [1.82, 2.24) is 10.2 Å². The number of carbonyl (C=O) groups excluding carboxylic acids is 1. The number of carbonyl (C=O) groups is 1. The Labute approximate surface area is 122 Å². The fourth-order valence-electron chi connectivity index (χ4n) is 2.07. The van der Waals surface area contributed by atoms with Crippen molar-refractivity contribution in [2.75, 3.05) is 13.1 Å². The van der Waals surface area contributed by atoms with Crippen LogP contribution in [-0.2, 0) is 17.9 Å². The van der Waals surface area contributed by atoms with Crippen molar-refractivity contribution in [2.45, 2.75) is 46.3 Å². The molecule has 0 spiro atoms. The number of nitrogens with zero attached hydrogens (tertiary/aromatic N) is 1. The molecule has 0 unspecified atom stereocenters. The van der Waals surface area contributed by atoms with E-state index in [0.29, 0.717) is 13.0 Å². The van der Waals surface area contributed by atoms with E-state index in [4.69, 9.17) is 5.73 Å². The van der Waals surface area contributed by atoms with Crippen LogP contribution >= 0.6 is 0 Å². The maximum absolute atomic E-state index is 11.7. The van der Waals surface area contributed by atoms with Crippen LogP contribution in [0.5, 0.6) is 0 Å². The fourth-order valence-corrected chi connectivity index (χ4v) is 2.07. The first-order chi connectivity index (χ1) is 9.62. The second-order valence-corrected chi connectivity index (χ2v) is 4.96. The maximum Gasteiger partial charge on any atom is 0.237 e. The van der Waals surface area contributed by atoms with Crippen LogP contribution in [-0.4, -0.2) is 29.9 Å². The second kappa shape index (κ2) is 8.72. The molecule has 4 heteroatoms. The van der Waals surface area contributed by atoms with Crippen molar-refractivity contribution in [1.29, 1.82) is 0 Å². The van der Waals surface area contributed by atoms with Gasteiger partial charge in [-0.15, -0.1) is 0 Å². The molecule has 1 aromatic rings. The molecule has 0 saturated carbocycles. The summed E-state index contributed by atoms with van der Waals surface area (Å²) in [6.45, 7) is 9.75. The van der Waals surface area contributed by atoms with E-state index in [-0.39, 0.29) is 5.91 Å². The van der Waals surface area contributed by atoms with Crippen molar-refractivity contribution in [2.24, 2.45) is 5.73 Å². The lowest BCUT2D eigenvalue weighted by Crippen LogP contribution is -2.39. The Morgan fingerprint density at radius 2 is 1.80 bits per heavy atom. The average molecular weight is 277 g/mol. The lowest BCUT2D eigenvalue weighted by Gasteiger charge is -2.20. The minimum atomic E-state index is -0.412. The molecule has 4 nitrogen and oxygen atoms in total. The quantitative estimate of drug-likeness (QED) is 0.763. The number of amides is 1. The van der Waals surface area contributed by atoms with Crippen LogP contribution in [0.3, 0.4) is 0 Å². The van der Waals surface area contributed by atoms with Crippen molar-refractivity contribution in [3.05, 3.63) is 35.4 Å². The SMILES string of the molecule is CC[C@@H](N)C(=O)NCc1ccccc1CN(CC)CC. The van der Waals surface area contributed by atoms with Gasteiger partial charge in [0.1, 0.15) is 0 Å². The predicted octanol–water partition coefficient (Wildman–Crippen LogP) is 1.88. The standard InChI is InChI=1S/C16H27N3O/c1-4-15(17)16(20)18-11-13-9-7-8-10-14(13)12-19(5-2)6-3/h7-10,15H,4-6,11-12,17H2,1-3H3,(H,18,20)/t15-/m1/s1. The van der Waals surface area contributed by atoms with Crippen LogP contribution in [0.15, 0.2) is 24.3 Å². The zero-order chi connectivity index (χ0) is 15.0. The molecule has 0 aliphatic rings. The monoisotopic (exact) mass is 277 g/mol. The summed E-state index contributed by atoms with van der Waals surface area (Å²) in [6.07, 6.45) is 0.660. The number of hydrogen-bond acceptors (Lipinski definition) is 3. The molecule has 0 heterocycles. The van der Waals surface area contributed by atoms with Crippen LogP contribution in [0, 0.1) is 0 Å². The molecular weight excluding hydrogens is 250 g/mol. The molecule has 0 aliphatic carbocycles. The first kappa shape index (κ1) is 16.7. The molecule has 0 aliphatic heterocycles. The van der Waals surface area contributed by atoms with Gasteiger partial charge in [0.25, 0.3) is 0 Å². The Kier molecular flexibility index (Phi) is 7.26.